The average Bonchev–Trinajstić information content (AvgIpc) is 3.43. The fourth-order valence-electron chi connectivity index (χ4n) is 3.70. The van der Waals surface area contributed by atoms with E-state index in [9.17, 15) is 17.6 Å². The Hall–Kier alpha value is -3.98. The fraction of sp³-hybridized carbons (Fsp3) is 0.0435. The molecule has 32 heavy (non-hydrogen) atoms. The number of nitrogens with zero attached hydrogens (tertiary/aromatic N) is 3. The number of carbonyl (C=O) groups is 1. The van der Waals surface area contributed by atoms with Gasteiger partial charge >= 0.3 is 0 Å². The van der Waals surface area contributed by atoms with Crippen LogP contribution in [0.2, 0.25) is 0 Å². The summed E-state index contributed by atoms with van der Waals surface area (Å²) in [5.74, 6) is -1.19. The number of hydrogen-bond acceptors (Lipinski definition) is 4. The lowest BCUT2D eigenvalue weighted by Crippen LogP contribution is -2.19. The smallest absolute Gasteiger partial charge is 0.285 e. The molecule has 160 valence electrons. The van der Waals surface area contributed by atoms with Crippen LogP contribution in [0.4, 0.5) is 4.39 Å². The molecule has 0 saturated heterocycles. The molecule has 0 bridgehead atoms. The van der Waals surface area contributed by atoms with Crippen molar-refractivity contribution < 1.29 is 17.6 Å². The number of amides is 1. The summed E-state index contributed by atoms with van der Waals surface area (Å²) >= 11 is 0. The van der Waals surface area contributed by atoms with Gasteiger partial charge in [-0.3, -0.25) is 9.20 Å². The highest BCUT2D eigenvalue weighted by atomic mass is 32.2. The first-order chi connectivity index (χ1) is 15.4. The molecule has 1 N–H and O–H groups in total. The Labute approximate surface area is 182 Å². The number of rotatable bonds is 4. The lowest BCUT2D eigenvalue weighted by atomic mass is 10.0. The van der Waals surface area contributed by atoms with E-state index < -0.39 is 21.7 Å². The maximum atomic E-state index is 14.5. The monoisotopic (exact) mass is 448 g/mol. The third-order valence-corrected chi connectivity index (χ3v) is 7.00. The molecule has 0 saturated carbocycles. The number of nitrogens with one attached hydrogen (secondary N) is 1. The number of carbonyl (C=O) groups excluding carboxylic acids is 1. The zero-order chi connectivity index (χ0) is 22.5. The van der Waals surface area contributed by atoms with Gasteiger partial charge in [0.05, 0.1) is 17.3 Å². The second-order valence-electron chi connectivity index (χ2n) is 7.19. The van der Waals surface area contributed by atoms with Gasteiger partial charge in [0.15, 0.2) is 5.03 Å². The normalized spacial score (nSPS) is 11.8. The van der Waals surface area contributed by atoms with Crippen LogP contribution in [0, 0.1) is 5.82 Å². The van der Waals surface area contributed by atoms with Gasteiger partial charge < -0.3 is 5.32 Å². The molecule has 1 amide bonds. The molecule has 3 aromatic heterocycles. The van der Waals surface area contributed by atoms with Crippen molar-refractivity contribution in [1.29, 1.82) is 0 Å². The van der Waals surface area contributed by atoms with Crippen LogP contribution in [-0.2, 0) is 10.0 Å². The topological polar surface area (TPSA) is 85.5 Å². The second-order valence-corrected chi connectivity index (χ2v) is 8.95. The number of halogens is 1. The summed E-state index contributed by atoms with van der Waals surface area (Å²) in [5.41, 5.74) is 2.01. The molecule has 5 rings (SSSR count). The first-order valence-electron chi connectivity index (χ1n) is 9.71. The Morgan fingerprint density at radius 1 is 1.03 bits per heavy atom. The predicted octanol–water partition coefficient (Wildman–Crippen LogP) is 3.69. The van der Waals surface area contributed by atoms with Gasteiger partial charge in [-0.1, -0.05) is 24.3 Å². The number of imidazole rings is 1. The van der Waals surface area contributed by atoms with Gasteiger partial charge in [0.1, 0.15) is 11.5 Å². The van der Waals surface area contributed by atoms with Crippen molar-refractivity contribution in [3.8, 4) is 11.1 Å². The van der Waals surface area contributed by atoms with Gasteiger partial charge in [0, 0.05) is 24.8 Å². The first kappa shape index (κ1) is 20.0. The lowest BCUT2D eigenvalue weighted by Gasteiger charge is -2.09. The van der Waals surface area contributed by atoms with Gasteiger partial charge in [-0.2, -0.15) is 8.42 Å². The van der Waals surface area contributed by atoms with E-state index in [0.29, 0.717) is 22.3 Å². The highest BCUT2D eigenvalue weighted by Crippen LogP contribution is 2.26. The molecule has 0 fully saturated rings. The van der Waals surface area contributed by atoms with Crippen molar-refractivity contribution in [1.82, 2.24) is 18.7 Å². The summed E-state index contributed by atoms with van der Waals surface area (Å²) in [6.07, 6.45) is 4.41. The van der Waals surface area contributed by atoms with E-state index in [4.69, 9.17) is 0 Å². The van der Waals surface area contributed by atoms with Crippen LogP contribution in [-0.4, -0.2) is 34.7 Å². The molecule has 7 nitrogen and oxygen atoms in total. The average molecular weight is 448 g/mol. The van der Waals surface area contributed by atoms with E-state index in [2.05, 4.69) is 10.3 Å². The van der Waals surface area contributed by atoms with Crippen molar-refractivity contribution in [2.45, 2.75) is 5.03 Å². The van der Waals surface area contributed by atoms with Crippen molar-refractivity contribution in [2.24, 2.45) is 0 Å². The number of aromatic nitrogens is 3. The minimum atomic E-state index is -3.94. The van der Waals surface area contributed by atoms with Crippen molar-refractivity contribution in [2.75, 3.05) is 7.05 Å². The molecular formula is C23H17FN4O3S. The second kappa shape index (κ2) is 7.31. The lowest BCUT2D eigenvalue weighted by molar-refractivity contribution is 0.0959. The van der Waals surface area contributed by atoms with E-state index in [1.54, 1.807) is 42.6 Å². The number of pyridine rings is 1. The Kier molecular flexibility index (Phi) is 4.56. The molecule has 9 heteroatoms. The molecule has 0 aliphatic carbocycles. The van der Waals surface area contributed by atoms with Crippen LogP contribution in [0.3, 0.4) is 0 Å². The molecule has 0 aliphatic heterocycles. The third kappa shape index (κ3) is 3.05. The molecule has 2 aromatic carbocycles. The molecule has 0 unspecified atom stereocenters. The minimum absolute atomic E-state index is 0.0156. The SMILES string of the molecule is CNC(=O)c1ccc(-c2ccc3ncc(S(=O)(=O)n4ccc5ccccc54)n3c2)cc1F. The van der Waals surface area contributed by atoms with Gasteiger partial charge in [0.2, 0.25) is 0 Å². The van der Waals surface area contributed by atoms with E-state index >= 15 is 0 Å². The fourth-order valence-corrected chi connectivity index (χ4v) is 5.13. The standard InChI is InChI=1S/C23H17FN4O3S/c1-25-23(29)18-8-6-16(12-19(18)24)17-7-9-21-26-13-22(27(21)14-17)32(30,31)28-11-10-15-4-2-3-5-20(15)28/h2-14H,1H3,(H,25,29). The molecule has 0 aliphatic rings. The summed E-state index contributed by atoms with van der Waals surface area (Å²) < 4.78 is 44.0. The van der Waals surface area contributed by atoms with Crippen molar-refractivity contribution in [3.63, 3.8) is 0 Å². The van der Waals surface area contributed by atoms with Crippen LogP contribution < -0.4 is 5.32 Å². The van der Waals surface area contributed by atoms with Gasteiger partial charge in [-0.05, 0) is 47.5 Å². The van der Waals surface area contributed by atoms with Crippen molar-refractivity contribution >= 4 is 32.5 Å². The highest BCUT2D eigenvalue weighted by Gasteiger charge is 2.23. The summed E-state index contributed by atoms with van der Waals surface area (Å²) in [6.45, 7) is 0. The maximum absolute atomic E-state index is 14.5. The van der Waals surface area contributed by atoms with Crippen LogP contribution >= 0.6 is 0 Å². The van der Waals surface area contributed by atoms with E-state index in [1.807, 2.05) is 12.1 Å². The Balaban J connectivity index is 1.64. The Morgan fingerprint density at radius 3 is 2.59 bits per heavy atom. The van der Waals surface area contributed by atoms with Crippen LogP contribution in [0.1, 0.15) is 10.4 Å². The van der Waals surface area contributed by atoms with Crippen LogP contribution in [0.25, 0.3) is 27.7 Å². The molecule has 0 spiro atoms. The maximum Gasteiger partial charge on any atom is 0.285 e. The van der Waals surface area contributed by atoms with Crippen LogP contribution in [0.5, 0.6) is 0 Å². The zero-order valence-corrected chi connectivity index (χ0v) is 17.7. The predicted molar refractivity (Wildman–Crippen MR) is 118 cm³/mol. The van der Waals surface area contributed by atoms with E-state index in [-0.39, 0.29) is 10.6 Å². The molecule has 0 atom stereocenters. The van der Waals surface area contributed by atoms with E-state index in [1.165, 1.54) is 39.9 Å². The van der Waals surface area contributed by atoms with Gasteiger partial charge in [0.25, 0.3) is 15.9 Å². The molecule has 5 aromatic rings. The Morgan fingerprint density at radius 2 is 1.81 bits per heavy atom. The van der Waals surface area contributed by atoms with E-state index in [0.717, 1.165) is 5.39 Å². The van der Waals surface area contributed by atoms with Gasteiger partial charge in [-0.15, -0.1) is 0 Å². The molecule has 0 radical (unpaired) electrons. The summed E-state index contributed by atoms with van der Waals surface area (Å²) in [4.78, 5) is 16.0. The summed E-state index contributed by atoms with van der Waals surface area (Å²) in [5, 5.41) is 3.18. The summed E-state index contributed by atoms with van der Waals surface area (Å²) in [6, 6.07) is 16.6. The van der Waals surface area contributed by atoms with Crippen molar-refractivity contribution in [3.05, 3.63) is 90.6 Å². The number of fused-ring (bicyclic) bond motifs is 2. The number of para-hydroxylation sites is 1. The molecular weight excluding hydrogens is 431 g/mol. The number of benzene rings is 2. The third-order valence-electron chi connectivity index (χ3n) is 5.33. The van der Waals surface area contributed by atoms with Crippen LogP contribution in [0.15, 0.2) is 84.3 Å². The Bertz CT molecular complexity index is 1620. The highest BCUT2D eigenvalue weighted by molar-refractivity contribution is 7.90. The number of hydrogen-bond donors (Lipinski definition) is 1. The summed E-state index contributed by atoms with van der Waals surface area (Å²) in [7, 11) is -2.51. The quantitative estimate of drug-likeness (QED) is 0.454. The van der Waals surface area contributed by atoms with Gasteiger partial charge in [-0.25, -0.2) is 13.3 Å². The largest absolute Gasteiger partial charge is 0.355 e. The molecule has 3 heterocycles. The first-order valence-corrected chi connectivity index (χ1v) is 11.1. The minimum Gasteiger partial charge on any atom is -0.355 e. The zero-order valence-electron chi connectivity index (χ0n) is 16.9.